The van der Waals surface area contributed by atoms with Crippen LogP contribution in [0.4, 0.5) is 5.69 Å². The summed E-state index contributed by atoms with van der Waals surface area (Å²) in [4.78, 5) is 9.87. The lowest BCUT2D eigenvalue weighted by Gasteiger charge is -2.00. The Bertz CT molecular complexity index is 354. The lowest BCUT2D eigenvalue weighted by Crippen LogP contribution is -1.91. The third-order valence-corrected chi connectivity index (χ3v) is 2.52. The van der Waals surface area contributed by atoms with Crippen molar-refractivity contribution in [2.45, 2.75) is 5.88 Å². The van der Waals surface area contributed by atoms with E-state index in [0.29, 0.717) is 5.56 Å². The Morgan fingerprint density at radius 1 is 1.38 bits per heavy atom. The summed E-state index contributed by atoms with van der Waals surface area (Å²) in [6.45, 7) is 0. The Kier molecular flexibility index (Phi) is 3.36. The van der Waals surface area contributed by atoms with E-state index < -0.39 is 4.92 Å². The predicted molar refractivity (Wildman–Crippen MR) is 52.7 cm³/mol. The molecule has 0 radical (unpaired) electrons. The normalized spacial score (nSPS) is 10.1. The molecule has 0 aliphatic heterocycles. The third-order valence-electron chi connectivity index (χ3n) is 1.42. The van der Waals surface area contributed by atoms with Gasteiger partial charge in [0.1, 0.15) is 5.02 Å². The van der Waals surface area contributed by atoms with E-state index in [1.807, 2.05) is 0 Å². The lowest BCUT2D eigenvalue weighted by molar-refractivity contribution is -0.384. The SMILES string of the molecule is O=[N+]([O-])c1cc(CCl)cc(Cl)c1Cl. The number of hydrogen-bond acceptors (Lipinski definition) is 2. The molecule has 0 unspecified atom stereocenters. The molecule has 1 rings (SSSR count). The molecule has 0 heterocycles. The molecule has 0 fully saturated rings. The van der Waals surface area contributed by atoms with E-state index in [1.54, 1.807) is 0 Å². The van der Waals surface area contributed by atoms with Crippen LogP contribution in [0.15, 0.2) is 12.1 Å². The zero-order chi connectivity index (χ0) is 10.0. The number of hydrogen-bond donors (Lipinski definition) is 0. The first-order valence-electron chi connectivity index (χ1n) is 3.24. The van der Waals surface area contributed by atoms with Crippen LogP contribution in [0, 0.1) is 10.1 Å². The molecule has 0 saturated carbocycles. The van der Waals surface area contributed by atoms with Crippen LogP contribution in [-0.2, 0) is 5.88 Å². The van der Waals surface area contributed by atoms with E-state index >= 15 is 0 Å². The fourth-order valence-electron chi connectivity index (χ4n) is 0.839. The van der Waals surface area contributed by atoms with Gasteiger partial charge in [-0.1, -0.05) is 23.2 Å². The number of nitrogens with zero attached hydrogens (tertiary/aromatic N) is 1. The predicted octanol–water partition coefficient (Wildman–Crippen LogP) is 3.64. The van der Waals surface area contributed by atoms with Gasteiger partial charge >= 0.3 is 0 Å². The Hall–Kier alpha value is -0.510. The number of nitro benzene ring substituents is 1. The standard InChI is InChI=1S/C7H4Cl3NO2/c8-3-4-1-5(9)7(10)6(2-4)11(12)13/h1-2H,3H2. The first-order chi connectivity index (χ1) is 6.06. The van der Waals surface area contributed by atoms with Crippen molar-refractivity contribution < 1.29 is 4.92 Å². The molecule has 0 amide bonds. The van der Waals surface area contributed by atoms with Crippen LogP contribution < -0.4 is 0 Å². The number of rotatable bonds is 2. The molecule has 0 bridgehead atoms. The molecule has 0 spiro atoms. The molecular weight excluding hydrogens is 236 g/mol. The summed E-state index contributed by atoms with van der Waals surface area (Å²) in [5.41, 5.74) is 0.354. The average molecular weight is 240 g/mol. The van der Waals surface area contributed by atoms with Crippen molar-refractivity contribution >= 4 is 40.5 Å². The van der Waals surface area contributed by atoms with Gasteiger partial charge in [0.25, 0.3) is 5.69 Å². The highest BCUT2D eigenvalue weighted by Crippen LogP contribution is 2.33. The molecule has 0 saturated heterocycles. The second-order valence-electron chi connectivity index (χ2n) is 2.30. The molecule has 1 aromatic rings. The van der Waals surface area contributed by atoms with Crippen molar-refractivity contribution in [1.29, 1.82) is 0 Å². The Morgan fingerprint density at radius 2 is 2.00 bits per heavy atom. The van der Waals surface area contributed by atoms with Gasteiger partial charge in [0.05, 0.1) is 9.95 Å². The van der Waals surface area contributed by atoms with Crippen molar-refractivity contribution in [2.24, 2.45) is 0 Å². The quantitative estimate of drug-likeness (QED) is 0.450. The Morgan fingerprint density at radius 3 is 2.46 bits per heavy atom. The van der Waals surface area contributed by atoms with Gasteiger partial charge in [-0.05, 0) is 11.6 Å². The maximum Gasteiger partial charge on any atom is 0.289 e. The van der Waals surface area contributed by atoms with Gasteiger partial charge in [0.2, 0.25) is 0 Å². The molecule has 1 aromatic carbocycles. The monoisotopic (exact) mass is 239 g/mol. The summed E-state index contributed by atoms with van der Waals surface area (Å²) in [5, 5.41) is 10.6. The molecular formula is C7H4Cl3NO2. The second kappa shape index (κ2) is 4.13. The van der Waals surface area contributed by atoms with E-state index in [1.165, 1.54) is 12.1 Å². The van der Waals surface area contributed by atoms with Crippen LogP contribution in [0.2, 0.25) is 10.0 Å². The van der Waals surface area contributed by atoms with Crippen LogP contribution in [0.3, 0.4) is 0 Å². The molecule has 3 nitrogen and oxygen atoms in total. The first kappa shape index (κ1) is 10.6. The number of halogens is 3. The number of benzene rings is 1. The summed E-state index contributed by atoms with van der Waals surface area (Å²) >= 11 is 16.8. The van der Waals surface area contributed by atoms with Crippen LogP contribution in [0.1, 0.15) is 5.56 Å². The first-order valence-corrected chi connectivity index (χ1v) is 4.53. The molecule has 0 aliphatic rings. The Balaban J connectivity index is 3.33. The van der Waals surface area contributed by atoms with Gasteiger partial charge in [-0.25, -0.2) is 0 Å². The van der Waals surface area contributed by atoms with Crippen LogP contribution in [0.25, 0.3) is 0 Å². The molecule has 0 aromatic heterocycles. The smallest absolute Gasteiger partial charge is 0.258 e. The summed E-state index contributed by atoms with van der Waals surface area (Å²) in [5.74, 6) is 0.164. The average Bonchev–Trinajstić information content (AvgIpc) is 2.09. The second-order valence-corrected chi connectivity index (χ2v) is 3.35. The lowest BCUT2D eigenvalue weighted by atomic mass is 10.2. The molecule has 13 heavy (non-hydrogen) atoms. The van der Waals surface area contributed by atoms with Gasteiger partial charge in [-0.3, -0.25) is 10.1 Å². The largest absolute Gasteiger partial charge is 0.289 e. The maximum absolute atomic E-state index is 10.5. The van der Waals surface area contributed by atoms with Crippen molar-refractivity contribution in [3.05, 3.63) is 37.9 Å². The Labute approximate surface area is 89.4 Å². The summed E-state index contributed by atoms with van der Waals surface area (Å²) in [6.07, 6.45) is 0. The third kappa shape index (κ3) is 2.24. The van der Waals surface area contributed by atoms with Crippen LogP contribution in [0.5, 0.6) is 0 Å². The highest BCUT2D eigenvalue weighted by molar-refractivity contribution is 6.43. The highest BCUT2D eigenvalue weighted by Gasteiger charge is 2.16. The number of alkyl halides is 1. The molecule has 0 N–H and O–H groups in total. The minimum Gasteiger partial charge on any atom is -0.258 e. The van der Waals surface area contributed by atoms with E-state index in [-0.39, 0.29) is 21.6 Å². The summed E-state index contributed by atoms with van der Waals surface area (Å²) in [6, 6.07) is 2.81. The molecule has 70 valence electrons. The van der Waals surface area contributed by atoms with Gasteiger partial charge in [-0.15, -0.1) is 11.6 Å². The molecule has 0 atom stereocenters. The van der Waals surface area contributed by atoms with Gasteiger partial charge in [0, 0.05) is 11.9 Å². The summed E-state index contributed by atoms with van der Waals surface area (Å²) < 4.78 is 0. The van der Waals surface area contributed by atoms with Crippen LogP contribution in [-0.4, -0.2) is 4.92 Å². The van der Waals surface area contributed by atoms with Crippen molar-refractivity contribution in [3.8, 4) is 0 Å². The maximum atomic E-state index is 10.5. The van der Waals surface area contributed by atoms with Gasteiger partial charge in [0.15, 0.2) is 0 Å². The van der Waals surface area contributed by atoms with Crippen molar-refractivity contribution in [3.63, 3.8) is 0 Å². The molecule has 0 aliphatic carbocycles. The zero-order valence-corrected chi connectivity index (χ0v) is 8.53. The summed E-state index contributed by atoms with van der Waals surface area (Å²) in [7, 11) is 0. The van der Waals surface area contributed by atoms with Gasteiger partial charge < -0.3 is 0 Å². The fraction of sp³-hybridized carbons (Fsp3) is 0.143. The molecule has 6 heteroatoms. The van der Waals surface area contributed by atoms with Crippen LogP contribution >= 0.6 is 34.8 Å². The topological polar surface area (TPSA) is 43.1 Å². The van der Waals surface area contributed by atoms with E-state index in [0.717, 1.165) is 0 Å². The van der Waals surface area contributed by atoms with E-state index in [4.69, 9.17) is 34.8 Å². The van der Waals surface area contributed by atoms with Crippen molar-refractivity contribution in [2.75, 3.05) is 0 Å². The number of nitro groups is 1. The highest BCUT2D eigenvalue weighted by atomic mass is 35.5. The van der Waals surface area contributed by atoms with E-state index in [2.05, 4.69) is 0 Å². The fourth-order valence-corrected chi connectivity index (χ4v) is 1.41. The van der Waals surface area contributed by atoms with Gasteiger partial charge in [-0.2, -0.15) is 0 Å². The minimum atomic E-state index is -0.593. The minimum absolute atomic E-state index is 0.0551. The van der Waals surface area contributed by atoms with Crippen molar-refractivity contribution in [1.82, 2.24) is 0 Å². The zero-order valence-electron chi connectivity index (χ0n) is 6.26. The van der Waals surface area contributed by atoms with E-state index in [9.17, 15) is 10.1 Å².